The van der Waals surface area contributed by atoms with Crippen molar-refractivity contribution in [2.45, 2.75) is 52.8 Å². The van der Waals surface area contributed by atoms with E-state index < -0.39 is 6.09 Å². The number of amides is 2. The van der Waals surface area contributed by atoms with Crippen molar-refractivity contribution in [1.29, 1.82) is 0 Å². The predicted octanol–water partition coefficient (Wildman–Crippen LogP) is 5.30. The fourth-order valence-electron chi connectivity index (χ4n) is 5.12. The molecule has 0 spiro atoms. The van der Waals surface area contributed by atoms with Crippen molar-refractivity contribution >= 4 is 17.8 Å². The van der Waals surface area contributed by atoms with Crippen LogP contribution in [0.4, 0.5) is 10.6 Å². The largest absolute Gasteiger partial charge is 0.482 e. The Kier molecular flexibility index (Phi) is 7.38. The number of carboxylic acid groups (broad SMARTS) is 1. The molecule has 37 heavy (non-hydrogen) atoms. The molecule has 1 aliphatic heterocycles. The summed E-state index contributed by atoms with van der Waals surface area (Å²) in [5.74, 6) is 0.723. The van der Waals surface area contributed by atoms with E-state index >= 15 is 0 Å². The molecule has 1 aliphatic rings. The lowest BCUT2D eigenvalue weighted by Crippen LogP contribution is -2.59. The molecule has 4 rings (SSSR count). The number of aryl methyl sites for hydroxylation is 2. The normalized spacial score (nSPS) is 18.4. The highest BCUT2D eigenvalue weighted by Crippen LogP contribution is 2.32. The van der Waals surface area contributed by atoms with Gasteiger partial charge >= 0.3 is 6.09 Å². The van der Waals surface area contributed by atoms with E-state index in [1.54, 1.807) is 11.1 Å². The van der Waals surface area contributed by atoms with Crippen LogP contribution in [-0.4, -0.2) is 57.1 Å². The van der Waals surface area contributed by atoms with Gasteiger partial charge in [-0.05, 0) is 69.0 Å². The van der Waals surface area contributed by atoms with Crippen molar-refractivity contribution in [3.63, 3.8) is 0 Å². The van der Waals surface area contributed by atoms with Gasteiger partial charge in [0.2, 0.25) is 0 Å². The van der Waals surface area contributed by atoms with E-state index in [0.29, 0.717) is 30.2 Å². The molecule has 8 heteroatoms. The zero-order chi connectivity index (χ0) is 26.9. The molecule has 3 N–H and O–H groups in total. The van der Waals surface area contributed by atoms with Crippen molar-refractivity contribution in [1.82, 2.24) is 14.8 Å². The monoisotopic (exact) mass is 502 g/mol. The number of aromatic nitrogens is 1. The highest BCUT2D eigenvalue weighted by molar-refractivity contribution is 5.96. The summed E-state index contributed by atoms with van der Waals surface area (Å²) in [6.07, 6.45) is 0.542. The van der Waals surface area contributed by atoms with Crippen LogP contribution in [-0.2, 0) is 0 Å². The molecule has 8 nitrogen and oxygen atoms in total. The summed E-state index contributed by atoms with van der Waals surface area (Å²) in [7, 11) is 0. The molecule has 0 bridgehead atoms. The fraction of sp³-hybridized carbons (Fsp3) is 0.345. The Labute approximate surface area is 217 Å². The smallest absolute Gasteiger partial charge is 0.407 e. The first kappa shape index (κ1) is 26.0. The summed E-state index contributed by atoms with van der Waals surface area (Å²) >= 11 is 0. The molecule has 2 aromatic carbocycles. The standard InChI is InChI=1S/C29H34N4O4/c1-17-8-6-7-9-24(17)21(5)37-26-13-23(14-31-27(26)30)22-10-11-25(18(2)12-22)28(34)32-15-19(3)33(29(35)36)20(4)16-32/h6-14,19-21H,15-16H2,1-5H3,(H2,30,31)(H,35,36)/t19-,20+,21?. The zero-order valence-electron chi connectivity index (χ0n) is 21.9. The zero-order valence-corrected chi connectivity index (χ0v) is 21.9. The molecule has 2 heterocycles. The lowest BCUT2D eigenvalue weighted by molar-refractivity contribution is 0.0326. The Balaban J connectivity index is 1.54. The molecule has 194 valence electrons. The molecule has 1 saturated heterocycles. The third kappa shape index (κ3) is 5.38. The Hall–Kier alpha value is -4.07. The molecular formula is C29H34N4O4. The molecule has 3 aromatic rings. The summed E-state index contributed by atoms with van der Waals surface area (Å²) < 4.78 is 6.20. The quantitative estimate of drug-likeness (QED) is 0.490. The van der Waals surface area contributed by atoms with Gasteiger partial charge in [0.25, 0.3) is 5.91 Å². The summed E-state index contributed by atoms with van der Waals surface area (Å²) in [4.78, 5) is 32.4. The number of piperazine rings is 1. The highest BCUT2D eigenvalue weighted by atomic mass is 16.5. The number of carbonyl (C=O) groups is 2. The van der Waals surface area contributed by atoms with Gasteiger partial charge in [-0.15, -0.1) is 0 Å². The first-order valence-corrected chi connectivity index (χ1v) is 12.5. The van der Waals surface area contributed by atoms with E-state index in [9.17, 15) is 14.7 Å². The summed E-state index contributed by atoms with van der Waals surface area (Å²) in [6, 6.07) is 15.1. The van der Waals surface area contributed by atoms with Crippen molar-refractivity contribution in [3.05, 3.63) is 77.0 Å². The van der Waals surface area contributed by atoms with Crippen LogP contribution in [0.1, 0.15) is 53.9 Å². The molecule has 0 saturated carbocycles. The van der Waals surface area contributed by atoms with E-state index in [4.69, 9.17) is 10.5 Å². The number of ether oxygens (including phenoxy) is 1. The van der Waals surface area contributed by atoms with Crippen molar-refractivity contribution in [2.24, 2.45) is 0 Å². The number of nitrogens with zero attached hydrogens (tertiary/aromatic N) is 3. The first-order valence-electron chi connectivity index (χ1n) is 12.5. The van der Waals surface area contributed by atoms with E-state index in [0.717, 1.165) is 27.8 Å². The SMILES string of the molecule is Cc1cc(-c2cnc(N)c(OC(C)c3ccccc3C)c2)ccc1C(=O)N1C[C@@H](C)N(C(=O)O)[C@@H](C)C1. The maximum absolute atomic E-state index is 13.3. The average molecular weight is 503 g/mol. The van der Waals surface area contributed by atoms with Crippen molar-refractivity contribution in [3.8, 4) is 16.9 Å². The third-order valence-electron chi connectivity index (χ3n) is 7.03. The number of rotatable bonds is 5. The van der Waals surface area contributed by atoms with Crippen LogP contribution in [0.2, 0.25) is 0 Å². The Morgan fingerprint density at radius 2 is 1.70 bits per heavy atom. The van der Waals surface area contributed by atoms with Gasteiger partial charge in [0, 0.05) is 30.4 Å². The Bertz CT molecular complexity index is 1310. The van der Waals surface area contributed by atoms with Crippen molar-refractivity contribution < 1.29 is 19.4 Å². The fourth-order valence-corrected chi connectivity index (χ4v) is 5.12. The molecule has 1 aromatic heterocycles. The second kappa shape index (κ2) is 10.5. The summed E-state index contributed by atoms with van der Waals surface area (Å²) in [5, 5.41) is 9.46. The van der Waals surface area contributed by atoms with Gasteiger partial charge in [-0.25, -0.2) is 9.78 Å². The van der Waals surface area contributed by atoms with Gasteiger partial charge in [0.05, 0.1) is 12.1 Å². The Morgan fingerprint density at radius 1 is 1.03 bits per heavy atom. The predicted molar refractivity (Wildman–Crippen MR) is 144 cm³/mol. The van der Waals surface area contributed by atoms with Gasteiger partial charge in [-0.2, -0.15) is 0 Å². The molecular weight excluding hydrogens is 468 g/mol. The van der Waals surface area contributed by atoms with Gasteiger partial charge in [0.1, 0.15) is 6.10 Å². The van der Waals surface area contributed by atoms with Crippen LogP contribution >= 0.6 is 0 Å². The topological polar surface area (TPSA) is 109 Å². The lowest BCUT2D eigenvalue weighted by Gasteiger charge is -2.43. The average Bonchev–Trinajstić information content (AvgIpc) is 2.84. The number of benzene rings is 2. The molecule has 2 amide bonds. The van der Waals surface area contributed by atoms with Crippen LogP contribution in [0.25, 0.3) is 11.1 Å². The molecule has 0 radical (unpaired) electrons. The van der Waals surface area contributed by atoms with Gasteiger partial charge < -0.3 is 20.5 Å². The summed E-state index contributed by atoms with van der Waals surface area (Å²) in [6.45, 7) is 10.3. The number of anilines is 1. The van der Waals surface area contributed by atoms with Crippen LogP contribution in [0.5, 0.6) is 5.75 Å². The Morgan fingerprint density at radius 3 is 2.32 bits per heavy atom. The minimum atomic E-state index is -0.957. The number of hydrogen-bond acceptors (Lipinski definition) is 5. The first-order chi connectivity index (χ1) is 17.6. The minimum Gasteiger partial charge on any atom is -0.482 e. The van der Waals surface area contributed by atoms with Crippen LogP contribution in [0.3, 0.4) is 0 Å². The highest BCUT2D eigenvalue weighted by Gasteiger charge is 2.35. The van der Waals surface area contributed by atoms with Crippen molar-refractivity contribution in [2.75, 3.05) is 18.8 Å². The second-order valence-corrected chi connectivity index (χ2v) is 9.85. The number of nitrogen functional groups attached to an aromatic ring is 1. The third-order valence-corrected chi connectivity index (χ3v) is 7.03. The van der Waals surface area contributed by atoms with Crippen LogP contribution in [0.15, 0.2) is 54.7 Å². The van der Waals surface area contributed by atoms with Gasteiger partial charge in [-0.1, -0.05) is 36.4 Å². The number of carbonyl (C=O) groups excluding carboxylic acids is 1. The second-order valence-electron chi connectivity index (χ2n) is 9.85. The number of nitrogens with two attached hydrogens (primary N) is 1. The van der Waals surface area contributed by atoms with E-state index in [1.807, 2.05) is 83.1 Å². The van der Waals surface area contributed by atoms with Gasteiger partial charge in [0.15, 0.2) is 11.6 Å². The van der Waals surface area contributed by atoms with E-state index in [2.05, 4.69) is 4.98 Å². The lowest BCUT2D eigenvalue weighted by atomic mass is 9.99. The maximum atomic E-state index is 13.3. The van der Waals surface area contributed by atoms with Crippen LogP contribution < -0.4 is 10.5 Å². The van der Waals surface area contributed by atoms with Crippen LogP contribution in [0, 0.1) is 13.8 Å². The molecule has 1 fully saturated rings. The van der Waals surface area contributed by atoms with E-state index in [-0.39, 0.29) is 24.1 Å². The molecule has 3 atom stereocenters. The van der Waals surface area contributed by atoms with Gasteiger partial charge in [-0.3, -0.25) is 9.69 Å². The van der Waals surface area contributed by atoms with E-state index in [1.165, 1.54) is 4.90 Å². The summed E-state index contributed by atoms with van der Waals surface area (Å²) in [5.41, 5.74) is 11.5. The minimum absolute atomic E-state index is 0.0979. The molecule has 0 aliphatic carbocycles. The number of pyridine rings is 1. The number of hydrogen-bond donors (Lipinski definition) is 2. The maximum Gasteiger partial charge on any atom is 0.407 e. The molecule has 1 unspecified atom stereocenters.